The predicted molar refractivity (Wildman–Crippen MR) is 63.7 cm³/mol. The second kappa shape index (κ2) is 4.32. The molecule has 1 aromatic heterocycles. The lowest BCUT2D eigenvalue weighted by molar-refractivity contribution is -0.402. The number of carboxylic acids is 1. The van der Waals surface area contributed by atoms with Crippen molar-refractivity contribution in [2.75, 3.05) is 0 Å². The van der Waals surface area contributed by atoms with Gasteiger partial charge in [-0.1, -0.05) is 0 Å². The topological polar surface area (TPSA) is 114 Å². The van der Waals surface area contributed by atoms with Crippen LogP contribution < -0.4 is 0 Å². The number of nitro groups is 1. The van der Waals surface area contributed by atoms with Crippen molar-refractivity contribution in [2.45, 2.75) is 31.3 Å². The Bertz CT molecular complexity index is 591. The van der Waals surface area contributed by atoms with Gasteiger partial charge in [0.25, 0.3) is 0 Å². The van der Waals surface area contributed by atoms with Gasteiger partial charge in [0.05, 0.1) is 12.0 Å². The van der Waals surface area contributed by atoms with Crippen molar-refractivity contribution in [3.05, 3.63) is 28.0 Å². The summed E-state index contributed by atoms with van der Waals surface area (Å²) in [5.41, 5.74) is 0. The summed E-state index contributed by atoms with van der Waals surface area (Å²) >= 11 is 0. The number of carboxylic acid groups (broad SMARTS) is 1. The van der Waals surface area contributed by atoms with Gasteiger partial charge in [0.1, 0.15) is 16.7 Å². The Morgan fingerprint density at radius 2 is 2.15 bits per heavy atom. The van der Waals surface area contributed by atoms with Crippen molar-refractivity contribution in [1.29, 1.82) is 0 Å². The van der Waals surface area contributed by atoms with E-state index in [0.717, 1.165) is 12.8 Å². The summed E-state index contributed by atoms with van der Waals surface area (Å²) in [4.78, 5) is 34.8. The molecular weight excluding hydrogens is 268 g/mol. The van der Waals surface area contributed by atoms with Crippen LogP contribution in [0.25, 0.3) is 0 Å². The van der Waals surface area contributed by atoms with Gasteiger partial charge in [-0.25, -0.2) is 0 Å². The number of likely N-dealkylation sites (tertiary alicyclic amines) is 1. The molecule has 106 valence electrons. The van der Waals surface area contributed by atoms with Gasteiger partial charge in [-0.05, 0) is 18.9 Å². The Hall–Kier alpha value is -2.38. The molecule has 8 nitrogen and oxygen atoms in total. The zero-order valence-electron chi connectivity index (χ0n) is 10.4. The van der Waals surface area contributed by atoms with E-state index in [2.05, 4.69) is 0 Å². The van der Waals surface area contributed by atoms with Crippen LogP contribution in [0.15, 0.2) is 16.5 Å². The van der Waals surface area contributed by atoms with Crippen LogP contribution in [-0.4, -0.2) is 32.8 Å². The average Bonchev–Trinajstić information content (AvgIpc) is 2.97. The monoisotopic (exact) mass is 280 g/mol. The van der Waals surface area contributed by atoms with Crippen molar-refractivity contribution in [2.24, 2.45) is 5.92 Å². The molecule has 2 aliphatic rings. The van der Waals surface area contributed by atoms with Gasteiger partial charge in [-0.2, -0.15) is 0 Å². The molecule has 1 saturated carbocycles. The van der Waals surface area contributed by atoms with E-state index < -0.39 is 28.7 Å². The van der Waals surface area contributed by atoms with Crippen molar-refractivity contribution in [3.8, 4) is 0 Å². The molecular formula is C12H12N2O6. The summed E-state index contributed by atoms with van der Waals surface area (Å²) in [5.74, 6) is -2.52. The zero-order valence-corrected chi connectivity index (χ0v) is 10.4. The Kier molecular flexibility index (Phi) is 2.73. The minimum atomic E-state index is -1.09. The van der Waals surface area contributed by atoms with Crippen LogP contribution in [0.2, 0.25) is 0 Å². The Balaban J connectivity index is 1.98. The van der Waals surface area contributed by atoms with E-state index in [9.17, 15) is 24.8 Å². The van der Waals surface area contributed by atoms with Gasteiger partial charge >= 0.3 is 11.9 Å². The van der Waals surface area contributed by atoms with Crippen LogP contribution in [0.4, 0.5) is 5.88 Å². The predicted octanol–water partition coefficient (Wildman–Crippen LogP) is 1.32. The molecule has 2 fully saturated rings. The number of rotatable bonds is 4. The first kappa shape index (κ1) is 12.6. The molecule has 0 aromatic carbocycles. The Morgan fingerprint density at radius 3 is 2.65 bits per heavy atom. The molecule has 0 spiro atoms. The molecule has 1 N–H and O–H groups in total. The van der Waals surface area contributed by atoms with Crippen molar-refractivity contribution in [1.82, 2.24) is 4.90 Å². The fourth-order valence-electron chi connectivity index (χ4n) is 2.69. The quantitative estimate of drug-likeness (QED) is 0.657. The molecule has 2 unspecified atom stereocenters. The minimum Gasteiger partial charge on any atom is -0.481 e. The number of carbonyl (C=O) groups is 2. The van der Waals surface area contributed by atoms with Crippen LogP contribution in [0.3, 0.4) is 0 Å². The number of aliphatic carboxylic acids is 1. The molecule has 8 heteroatoms. The second-order valence-electron chi connectivity index (χ2n) is 5.06. The first-order valence-electron chi connectivity index (χ1n) is 6.27. The summed E-state index contributed by atoms with van der Waals surface area (Å²) in [6, 6.07) is 1.84. The standard InChI is InChI=1S/C12H12N2O6/c15-9-5-7(12(16)17)11(13(9)6-1-2-6)8-3-4-10(20-8)14(18)19/h3-4,6-7,11H,1-2,5H2,(H,16,17). The minimum absolute atomic E-state index is 0.0287. The van der Waals surface area contributed by atoms with E-state index in [0.29, 0.717) is 0 Å². The third-order valence-corrected chi connectivity index (χ3v) is 3.70. The first-order chi connectivity index (χ1) is 9.49. The number of carbonyl (C=O) groups excluding carboxylic acids is 1. The number of hydrogen-bond acceptors (Lipinski definition) is 5. The largest absolute Gasteiger partial charge is 0.481 e. The van der Waals surface area contributed by atoms with E-state index in [1.807, 2.05) is 0 Å². The van der Waals surface area contributed by atoms with Crippen LogP contribution in [0.1, 0.15) is 31.1 Å². The lowest BCUT2D eigenvalue weighted by atomic mass is 9.98. The molecule has 0 bridgehead atoms. The number of nitrogens with zero attached hydrogens (tertiary/aromatic N) is 2. The van der Waals surface area contributed by atoms with Crippen molar-refractivity contribution >= 4 is 17.8 Å². The summed E-state index contributed by atoms with van der Waals surface area (Å²) < 4.78 is 5.11. The third-order valence-electron chi connectivity index (χ3n) is 3.70. The average molecular weight is 280 g/mol. The lowest BCUT2D eigenvalue weighted by Gasteiger charge is -2.24. The highest BCUT2D eigenvalue weighted by Crippen LogP contribution is 2.45. The number of amides is 1. The molecule has 0 radical (unpaired) electrons. The Labute approximate surface area is 113 Å². The second-order valence-corrected chi connectivity index (χ2v) is 5.06. The van der Waals surface area contributed by atoms with Crippen molar-refractivity contribution < 1.29 is 24.0 Å². The van der Waals surface area contributed by atoms with E-state index in [1.54, 1.807) is 0 Å². The lowest BCUT2D eigenvalue weighted by Crippen LogP contribution is -2.32. The summed E-state index contributed by atoms with van der Waals surface area (Å²) in [6.45, 7) is 0. The highest BCUT2D eigenvalue weighted by molar-refractivity contribution is 5.87. The Morgan fingerprint density at radius 1 is 1.45 bits per heavy atom. The van der Waals surface area contributed by atoms with E-state index in [4.69, 9.17) is 4.42 Å². The number of hydrogen-bond donors (Lipinski definition) is 1. The smallest absolute Gasteiger partial charge is 0.433 e. The fraction of sp³-hybridized carbons (Fsp3) is 0.500. The molecule has 20 heavy (non-hydrogen) atoms. The normalized spacial score (nSPS) is 26.0. The van der Waals surface area contributed by atoms with Gasteiger partial charge in [0.2, 0.25) is 5.91 Å². The van der Waals surface area contributed by atoms with Gasteiger partial charge in [0.15, 0.2) is 0 Å². The highest BCUT2D eigenvalue weighted by Gasteiger charge is 2.51. The van der Waals surface area contributed by atoms with Gasteiger partial charge in [-0.3, -0.25) is 19.7 Å². The van der Waals surface area contributed by atoms with Gasteiger partial charge < -0.3 is 14.4 Å². The third kappa shape index (κ3) is 1.93. The summed E-state index contributed by atoms with van der Waals surface area (Å²) in [5, 5.41) is 19.9. The van der Waals surface area contributed by atoms with Gasteiger partial charge in [0, 0.05) is 12.5 Å². The first-order valence-corrected chi connectivity index (χ1v) is 6.27. The molecule has 2 atom stereocenters. The van der Waals surface area contributed by atoms with Gasteiger partial charge in [-0.15, -0.1) is 0 Å². The maximum atomic E-state index is 12.0. The van der Waals surface area contributed by atoms with E-state index in [1.165, 1.54) is 17.0 Å². The summed E-state index contributed by atoms with van der Waals surface area (Å²) in [7, 11) is 0. The number of furan rings is 1. The van der Waals surface area contributed by atoms with Crippen LogP contribution in [-0.2, 0) is 9.59 Å². The maximum absolute atomic E-state index is 12.0. The molecule has 2 heterocycles. The molecule has 1 aliphatic heterocycles. The van der Waals surface area contributed by atoms with Crippen molar-refractivity contribution in [3.63, 3.8) is 0 Å². The summed E-state index contributed by atoms with van der Waals surface area (Å²) in [6.07, 6.45) is 1.57. The maximum Gasteiger partial charge on any atom is 0.433 e. The van der Waals surface area contributed by atoms with Crippen LogP contribution in [0, 0.1) is 16.0 Å². The molecule has 3 rings (SSSR count). The van der Waals surface area contributed by atoms with E-state index >= 15 is 0 Å². The molecule has 1 aliphatic carbocycles. The van der Waals surface area contributed by atoms with Crippen LogP contribution >= 0.6 is 0 Å². The molecule has 1 aromatic rings. The van der Waals surface area contributed by atoms with Crippen LogP contribution in [0.5, 0.6) is 0 Å². The SMILES string of the molecule is O=C(O)C1CC(=O)N(C2CC2)C1c1ccc([N+](=O)[O-])o1. The fourth-order valence-corrected chi connectivity index (χ4v) is 2.69. The van der Waals surface area contributed by atoms with E-state index in [-0.39, 0.29) is 24.1 Å². The molecule has 1 saturated heterocycles. The molecule has 1 amide bonds. The zero-order chi connectivity index (χ0) is 14.4. The highest BCUT2D eigenvalue weighted by atomic mass is 16.6.